The van der Waals surface area contributed by atoms with Crippen molar-refractivity contribution in [2.24, 2.45) is 13.0 Å². The van der Waals surface area contributed by atoms with Crippen LogP contribution in [0.3, 0.4) is 0 Å². The van der Waals surface area contributed by atoms with Crippen molar-refractivity contribution in [3.8, 4) is 0 Å². The summed E-state index contributed by atoms with van der Waals surface area (Å²) < 4.78 is 1.82. The van der Waals surface area contributed by atoms with Gasteiger partial charge in [-0.1, -0.05) is 0 Å². The van der Waals surface area contributed by atoms with Gasteiger partial charge in [-0.05, 0) is 32.2 Å². The van der Waals surface area contributed by atoms with Gasteiger partial charge in [-0.3, -0.25) is 9.48 Å². The Hall–Kier alpha value is -1.36. The third kappa shape index (κ3) is 2.52. The molecule has 0 saturated carbocycles. The molecule has 19 heavy (non-hydrogen) atoms. The summed E-state index contributed by atoms with van der Waals surface area (Å²) in [5, 5.41) is 7.57. The molecule has 5 heteroatoms. The minimum Gasteiger partial charge on any atom is -0.335 e. The minimum absolute atomic E-state index is 0.172. The minimum atomic E-state index is 0.172. The number of carbonyl (C=O) groups excluding carboxylic acids is 1. The van der Waals surface area contributed by atoms with Gasteiger partial charge in [0.05, 0.1) is 18.2 Å². The van der Waals surface area contributed by atoms with Gasteiger partial charge in [0.25, 0.3) is 0 Å². The third-order valence-corrected chi connectivity index (χ3v) is 4.29. The first-order valence-electron chi connectivity index (χ1n) is 7.25. The summed E-state index contributed by atoms with van der Waals surface area (Å²) in [6.07, 6.45) is 8.25. The number of rotatable bonds is 2. The molecule has 1 aromatic heterocycles. The molecule has 2 aliphatic heterocycles. The van der Waals surface area contributed by atoms with Gasteiger partial charge in [0.1, 0.15) is 0 Å². The molecule has 3 heterocycles. The highest BCUT2D eigenvalue weighted by atomic mass is 16.2. The standard InChI is InChI=1S/C14H22N4O/c1-17-10-12(9-16-17)13-5-3-7-18(13)14(19)11-4-2-6-15-8-11/h9-11,13,15H,2-8H2,1H3. The van der Waals surface area contributed by atoms with Crippen molar-refractivity contribution in [1.82, 2.24) is 20.0 Å². The molecule has 1 aromatic rings. The zero-order valence-electron chi connectivity index (χ0n) is 11.5. The van der Waals surface area contributed by atoms with Crippen LogP contribution in [0.4, 0.5) is 0 Å². The van der Waals surface area contributed by atoms with Crippen LogP contribution in [0.15, 0.2) is 12.4 Å². The van der Waals surface area contributed by atoms with Crippen LogP contribution in [-0.4, -0.2) is 40.2 Å². The van der Waals surface area contributed by atoms with Crippen LogP contribution in [0.5, 0.6) is 0 Å². The molecule has 0 aliphatic carbocycles. The molecule has 5 nitrogen and oxygen atoms in total. The Morgan fingerprint density at radius 3 is 3.00 bits per heavy atom. The van der Waals surface area contributed by atoms with Crippen molar-refractivity contribution < 1.29 is 4.79 Å². The molecular weight excluding hydrogens is 240 g/mol. The topological polar surface area (TPSA) is 50.2 Å². The number of likely N-dealkylation sites (tertiary alicyclic amines) is 1. The molecule has 2 fully saturated rings. The maximum absolute atomic E-state index is 12.6. The second-order valence-electron chi connectivity index (χ2n) is 5.68. The summed E-state index contributed by atoms with van der Waals surface area (Å²) in [6.45, 7) is 2.79. The lowest BCUT2D eigenvalue weighted by atomic mass is 9.97. The number of nitrogens with one attached hydrogen (secondary N) is 1. The average Bonchev–Trinajstić information content (AvgIpc) is 3.07. The highest BCUT2D eigenvalue weighted by Crippen LogP contribution is 2.33. The van der Waals surface area contributed by atoms with Crippen molar-refractivity contribution in [3.05, 3.63) is 18.0 Å². The molecular formula is C14H22N4O. The van der Waals surface area contributed by atoms with E-state index in [2.05, 4.69) is 15.3 Å². The molecule has 3 rings (SSSR count). The molecule has 2 saturated heterocycles. The Labute approximate surface area is 114 Å². The number of piperidine rings is 1. The fourth-order valence-corrected chi connectivity index (χ4v) is 3.29. The smallest absolute Gasteiger partial charge is 0.227 e. The lowest BCUT2D eigenvalue weighted by molar-refractivity contribution is -0.137. The second-order valence-corrected chi connectivity index (χ2v) is 5.68. The largest absolute Gasteiger partial charge is 0.335 e. The van der Waals surface area contributed by atoms with Crippen LogP contribution in [0.25, 0.3) is 0 Å². The van der Waals surface area contributed by atoms with Crippen LogP contribution < -0.4 is 5.32 Å². The Balaban J connectivity index is 1.73. The van der Waals surface area contributed by atoms with E-state index in [-0.39, 0.29) is 12.0 Å². The lowest BCUT2D eigenvalue weighted by Crippen LogP contribution is -2.42. The summed E-state index contributed by atoms with van der Waals surface area (Å²) in [7, 11) is 1.93. The van der Waals surface area contributed by atoms with Crippen molar-refractivity contribution in [1.29, 1.82) is 0 Å². The zero-order valence-corrected chi connectivity index (χ0v) is 11.5. The van der Waals surface area contributed by atoms with E-state index >= 15 is 0 Å². The van der Waals surface area contributed by atoms with E-state index in [1.54, 1.807) is 0 Å². The van der Waals surface area contributed by atoms with E-state index in [1.807, 2.05) is 24.1 Å². The molecule has 1 N–H and O–H groups in total. The van der Waals surface area contributed by atoms with E-state index in [4.69, 9.17) is 0 Å². The maximum atomic E-state index is 12.6. The van der Waals surface area contributed by atoms with Crippen molar-refractivity contribution in [2.75, 3.05) is 19.6 Å². The summed E-state index contributed by atoms with van der Waals surface area (Å²) >= 11 is 0. The Morgan fingerprint density at radius 1 is 1.42 bits per heavy atom. The van der Waals surface area contributed by atoms with Gasteiger partial charge in [0.15, 0.2) is 0 Å². The number of amides is 1. The number of aromatic nitrogens is 2. The highest BCUT2D eigenvalue weighted by molar-refractivity contribution is 5.80. The van der Waals surface area contributed by atoms with Gasteiger partial charge in [-0.15, -0.1) is 0 Å². The van der Waals surface area contributed by atoms with Gasteiger partial charge in [-0.25, -0.2) is 0 Å². The van der Waals surface area contributed by atoms with Gasteiger partial charge >= 0.3 is 0 Å². The van der Waals surface area contributed by atoms with Gasteiger partial charge in [-0.2, -0.15) is 5.10 Å². The highest BCUT2D eigenvalue weighted by Gasteiger charge is 2.34. The first-order valence-corrected chi connectivity index (χ1v) is 7.25. The lowest BCUT2D eigenvalue weighted by Gasteiger charge is -2.30. The van der Waals surface area contributed by atoms with Crippen LogP contribution in [0.1, 0.15) is 37.3 Å². The van der Waals surface area contributed by atoms with Crippen molar-refractivity contribution in [2.45, 2.75) is 31.7 Å². The van der Waals surface area contributed by atoms with Crippen LogP contribution in [0.2, 0.25) is 0 Å². The number of aryl methyl sites for hydroxylation is 1. The summed E-state index contributed by atoms with van der Waals surface area (Å²) in [4.78, 5) is 14.7. The van der Waals surface area contributed by atoms with Gasteiger partial charge < -0.3 is 10.2 Å². The van der Waals surface area contributed by atoms with Gasteiger partial charge in [0, 0.05) is 31.9 Å². The molecule has 2 unspecified atom stereocenters. The molecule has 2 aliphatic rings. The third-order valence-electron chi connectivity index (χ3n) is 4.29. The predicted molar refractivity (Wildman–Crippen MR) is 72.5 cm³/mol. The Kier molecular flexibility index (Phi) is 3.55. The normalized spacial score (nSPS) is 27.7. The summed E-state index contributed by atoms with van der Waals surface area (Å²) in [6, 6.07) is 0.239. The molecule has 0 aromatic carbocycles. The molecule has 0 spiro atoms. The van der Waals surface area contributed by atoms with Gasteiger partial charge in [0.2, 0.25) is 5.91 Å². The zero-order chi connectivity index (χ0) is 13.2. The van der Waals surface area contributed by atoms with E-state index in [1.165, 1.54) is 5.56 Å². The first kappa shape index (κ1) is 12.7. The molecule has 0 radical (unpaired) electrons. The monoisotopic (exact) mass is 262 g/mol. The first-order chi connectivity index (χ1) is 9.25. The molecule has 104 valence electrons. The summed E-state index contributed by atoms with van der Waals surface area (Å²) in [5.74, 6) is 0.504. The van der Waals surface area contributed by atoms with E-state index < -0.39 is 0 Å². The van der Waals surface area contributed by atoms with Crippen LogP contribution in [-0.2, 0) is 11.8 Å². The van der Waals surface area contributed by atoms with Crippen molar-refractivity contribution in [3.63, 3.8) is 0 Å². The molecule has 1 amide bonds. The van der Waals surface area contributed by atoms with Crippen LogP contribution >= 0.6 is 0 Å². The maximum Gasteiger partial charge on any atom is 0.227 e. The number of hydrogen-bond donors (Lipinski definition) is 1. The molecule has 2 atom stereocenters. The van der Waals surface area contributed by atoms with E-state index in [0.29, 0.717) is 5.91 Å². The number of hydrogen-bond acceptors (Lipinski definition) is 3. The van der Waals surface area contributed by atoms with Crippen LogP contribution in [0, 0.1) is 5.92 Å². The number of nitrogens with zero attached hydrogens (tertiary/aromatic N) is 3. The van der Waals surface area contributed by atoms with E-state index in [9.17, 15) is 4.79 Å². The SMILES string of the molecule is Cn1cc(C2CCCN2C(=O)C2CCCNC2)cn1. The average molecular weight is 262 g/mol. The second kappa shape index (κ2) is 5.33. The number of carbonyl (C=O) groups is 1. The summed E-state index contributed by atoms with van der Waals surface area (Å²) in [5.41, 5.74) is 1.18. The Bertz CT molecular complexity index is 450. The fourth-order valence-electron chi connectivity index (χ4n) is 3.29. The van der Waals surface area contributed by atoms with Crippen molar-refractivity contribution >= 4 is 5.91 Å². The fraction of sp³-hybridized carbons (Fsp3) is 0.714. The quantitative estimate of drug-likeness (QED) is 0.868. The predicted octanol–water partition coefficient (Wildman–Crippen LogP) is 1.08. The van der Waals surface area contributed by atoms with E-state index in [0.717, 1.165) is 45.3 Å². The Morgan fingerprint density at radius 2 is 2.32 bits per heavy atom. The molecule has 0 bridgehead atoms.